The molecule has 0 amide bonds. The van der Waals surface area contributed by atoms with Gasteiger partial charge in [0, 0.05) is 37.3 Å². The van der Waals surface area contributed by atoms with Gasteiger partial charge in [0.25, 0.3) is 0 Å². The summed E-state index contributed by atoms with van der Waals surface area (Å²) in [6.07, 6.45) is 5.31. The van der Waals surface area contributed by atoms with Gasteiger partial charge >= 0.3 is 0 Å². The molecule has 0 bridgehead atoms. The van der Waals surface area contributed by atoms with Gasteiger partial charge in [-0.25, -0.2) is 0 Å². The summed E-state index contributed by atoms with van der Waals surface area (Å²) in [5, 5.41) is 26.1. The number of aliphatic hydroxyl groups excluding tert-OH is 2. The van der Waals surface area contributed by atoms with Crippen molar-refractivity contribution in [2.75, 3.05) is 32.8 Å². The average molecular weight is 396 g/mol. The van der Waals surface area contributed by atoms with Gasteiger partial charge in [0.15, 0.2) is 0 Å². The first kappa shape index (κ1) is 19.9. The molecule has 4 rings (SSSR count). The van der Waals surface area contributed by atoms with Crippen LogP contribution in [0.2, 0.25) is 0 Å². The number of fused-ring (bicyclic) bond motifs is 1. The molecule has 1 atom stereocenters. The third kappa shape index (κ3) is 4.61. The van der Waals surface area contributed by atoms with E-state index in [1.165, 1.54) is 0 Å². The number of piperidine rings is 1. The van der Waals surface area contributed by atoms with E-state index in [1.54, 1.807) is 4.68 Å². The van der Waals surface area contributed by atoms with Crippen molar-refractivity contribution in [2.45, 2.75) is 18.9 Å². The summed E-state index contributed by atoms with van der Waals surface area (Å²) < 4.78 is 7.82. The first-order valence-corrected chi connectivity index (χ1v) is 10.3. The third-order valence-corrected chi connectivity index (χ3v) is 5.77. The zero-order valence-corrected chi connectivity index (χ0v) is 16.9. The number of likely N-dealkylation sites (tertiary alicyclic amines) is 1. The van der Waals surface area contributed by atoms with Gasteiger partial charge in [-0.3, -0.25) is 4.68 Å². The van der Waals surface area contributed by atoms with Crippen LogP contribution in [0.1, 0.15) is 12.8 Å². The number of β-amino-alcohol motifs (C(OH)–C–C–N with tert-alkyl or cyclic N) is 1. The summed E-state index contributed by atoms with van der Waals surface area (Å²) in [5.41, 5.74) is 2.19. The van der Waals surface area contributed by atoms with E-state index in [-0.39, 0.29) is 13.2 Å². The molecule has 0 radical (unpaired) electrons. The summed E-state index contributed by atoms with van der Waals surface area (Å²) >= 11 is 0. The van der Waals surface area contributed by atoms with Crippen LogP contribution in [0.4, 0.5) is 0 Å². The number of benzene rings is 2. The molecular weight excluding hydrogens is 366 g/mol. The van der Waals surface area contributed by atoms with Crippen LogP contribution < -0.4 is 4.74 Å². The number of rotatable bonds is 7. The van der Waals surface area contributed by atoms with Gasteiger partial charge in [0.05, 0.1) is 6.20 Å². The van der Waals surface area contributed by atoms with Crippen LogP contribution in [-0.4, -0.2) is 63.8 Å². The van der Waals surface area contributed by atoms with Crippen molar-refractivity contribution >= 4 is 10.8 Å². The van der Waals surface area contributed by atoms with Crippen molar-refractivity contribution in [3.63, 3.8) is 0 Å². The number of nitrogens with zero attached hydrogens (tertiary/aromatic N) is 3. The Morgan fingerprint density at radius 2 is 1.90 bits per heavy atom. The van der Waals surface area contributed by atoms with Crippen molar-refractivity contribution in [3.05, 3.63) is 48.8 Å². The highest BCUT2D eigenvalue weighted by Gasteiger charge is 2.21. The average Bonchev–Trinajstić information content (AvgIpc) is 3.18. The van der Waals surface area contributed by atoms with Crippen molar-refractivity contribution < 1.29 is 14.9 Å². The smallest absolute Gasteiger partial charge is 0.127 e. The zero-order valence-electron chi connectivity index (χ0n) is 16.9. The summed E-state index contributed by atoms with van der Waals surface area (Å²) in [4.78, 5) is 2.25. The Balaban J connectivity index is 1.43. The molecule has 6 nitrogen and oxygen atoms in total. The lowest BCUT2D eigenvalue weighted by Gasteiger charge is -2.32. The molecular formula is C23H29N3O3. The Hall–Kier alpha value is -2.41. The maximum atomic E-state index is 10.5. The van der Waals surface area contributed by atoms with E-state index in [4.69, 9.17) is 4.74 Å². The molecule has 2 aromatic carbocycles. The van der Waals surface area contributed by atoms with Gasteiger partial charge in [-0.2, -0.15) is 5.10 Å². The first-order valence-electron chi connectivity index (χ1n) is 10.3. The summed E-state index contributed by atoms with van der Waals surface area (Å²) in [6.45, 7) is 2.97. The Morgan fingerprint density at radius 3 is 2.59 bits per heavy atom. The van der Waals surface area contributed by atoms with Crippen molar-refractivity contribution in [2.24, 2.45) is 13.0 Å². The molecule has 1 aliphatic rings. The summed E-state index contributed by atoms with van der Waals surface area (Å²) in [6, 6.07) is 12.2. The van der Waals surface area contributed by atoms with Gasteiger partial charge in [-0.05, 0) is 54.9 Å². The largest absolute Gasteiger partial charge is 0.490 e. The minimum atomic E-state index is -0.544. The van der Waals surface area contributed by atoms with E-state index in [9.17, 15) is 10.2 Å². The molecule has 29 heavy (non-hydrogen) atoms. The SMILES string of the molecule is Cn1cc(-c2ccc(OCC(O)CN3CCC(CO)CC3)c3ccccc23)cn1. The van der Waals surface area contributed by atoms with Crippen LogP contribution in [0.5, 0.6) is 5.75 Å². The van der Waals surface area contributed by atoms with Gasteiger partial charge in [0.2, 0.25) is 0 Å². The van der Waals surface area contributed by atoms with E-state index in [2.05, 4.69) is 28.2 Å². The molecule has 1 saturated heterocycles. The Bertz CT molecular complexity index is 947. The lowest BCUT2D eigenvalue weighted by Crippen LogP contribution is -2.41. The van der Waals surface area contributed by atoms with Crippen LogP contribution in [0, 0.1) is 5.92 Å². The molecule has 0 spiro atoms. The van der Waals surface area contributed by atoms with Crippen molar-refractivity contribution in [1.29, 1.82) is 0 Å². The molecule has 6 heteroatoms. The highest BCUT2D eigenvalue weighted by molar-refractivity contribution is 5.99. The summed E-state index contributed by atoms with van der Waals surface area (Å²) in [7, 11) is 1.91. The monoisotopic (exact) mass is 395 g/mol. The molecule has 1 aliphatic heterocycles. The van der Waals surface area contributed by atoms with Gasteiger partial charge < -0.3 is 19.8 Å². The van der Waals surface area contributed by atoms with Gasteiger partial charge in [-0.15, -0.1) is 0 Å². The fourth-order valence-electron chi connectivity index (χ4n) is 4.10. The quantitative estimate of drug-likeness (QED) is 0.644. The predicted molar refractivity (Wildman–Crippen MR) is 114 cm³/mol. The predicted octanol–water partition coefficient (Wildman–Crippen LogP) is 2.68. The minimum absolute atomic E-state index is 0.260. The van der Waals surface area contributed by atoms with Crippen molar-refractivity contribution in [1.82, 2.24) is 14.7 Å². The fraction of sp³-hybridized carbons (Fsp3) is 0.435. The molecule has 2 N–H and O–H groups in total. The number of hydrogen-bond acceptors (Lipinski definition) is 5. The van der Waals surface area contributed by atoms with Crippen LogP contribution >= 0.6 is 0 Å². The van der Waals surface area contributed by atoms with E-state index in [0.29, 0.717) is 12.5 Å². The molecule has 0 saturated carbocycles. The lowest BCUT2D eigenvalue weighted by molar-refractivity contribution is 0.0492. The summed E-state index contributed by atoms with van der Waals surface area (Å²) in [5.74, 6) is 1.19. The molecule has 154 valence electrons. The third-order valence-electron chi connectivity index (χ3n) is 5.77. The number of ether oxygens (including phenoxy) is 1. The topological polar surface area (TPSA) is 70.8 Å². The van der Waals surface area contributed by atoms with Gasteiger partial charge in [-0.1, -0.05) is 24.3 Å². The molecule has 3 aromatic rings. The van der Waals surface area contributed by atoms with Crippen LogP contribution in [-0.2, 0) is 7.05 Å². The Labute approximate surface area is 171 Å². The second-order valence-electron chi connectivity index (χ2n) is 7.95. The zero-order chi connectivity index (χ0) is 20.2. The van der Waals surface area contributed by atoms with Gasteiger partial charge in [0.1, 0.15) is 18.5 Å². The number of aliphatic hydroxyl groups is 2. The number of hydrogen-bond donors (Lipinski definition) is 2. The molecule has 0 aliphatic carbocycles. The first-order chi connectivity index (χ1) is 14.1. The standard InChI is InChI=1S/C23H29N3O3/c1-25-13-18(12-24-25)20-6-7-23(22-5-3-2-4-21(20)22)29-16-19(28)14-26-10-8-17(15-27)9-11-26/h2-7,12-13,17,19,27-28H,8-11,14-16H2,1H3. The van der Waals surface area contributed by atoms with E-state index >= 15 is 0 Å². The van der Waals surface area contributed by atoms with E-state index < -0.39 is 6.10 Å². The van der Waals surface area contributed by atoms with Crippen molar-refractivity contribution in [3.8, 4) is 16.9 Å². The highest BCUT2D eigenvalue weighted by atomic mass is 16.5. The van der Waals surface area contributed by atoms with Crippen LogP contribution in [0.25, 0.3) is 21.9 Å². The Morgan fingerprint density at radius 1 is 1.14 bits per heavy atom. The van der Waals surface area contributed by atoms with Crippen LogP contribution in [0.15, 0.2) is 48.8 Å². The molecule has 1 unspecified atom stereocenters. The maximum Gasteiger partial charge on any atom is 0.127 e. The molecule has 1 fully saturated rings. The molecule has 1 aromatic heterocycles. The maximum absolute atomic E-state index is 10.5. The van der Waals surface area contributed by atoms with E-state index in [1.807, 2.05) is 37.6 Å². The molecule has 2 heterocycles. The second-order valence-corrected chi connectivity index (χ2v) is 7.95. The number of aromatic nitrogens is 2. The normalized spacial score (nSPS) is 16.9. The minimum Gasteiger partial charge on any atom is -0.490 e. The Kier molecular flexibility index (Phi) is 6.13. The van der Waals surface area contributed by atoms with E-state index in [0.717, 1.165) is 53.6 Å². The number of aryl methyl sites for hydroxylation is 1. The lowest BCUT2D eigenvalue weighted by atomic mass is 9.98. The highest BCUT2D eigenvalue weighted by Crippen LogP contribution is 2.34. The fourth-order valence-corrected chi connectivity index (χ4v) is 4.10. The van der Waals surface area contributed by atoms with Crippen LogP contribution in [0.3, 0.4) is 0 Å². The second kappa shape index (κ2) is 8.95.